The smallest absolute Gasteiger partial charge is 0.266 e. The number of methoxy groups -OCH3 is 1. The summed E-state index contributed by atoms with van der Waals surface area (Å²) < 4.78 is 21.8. The molecule has 6 heteroatoms. The van der Waals surface area contributed by atoms with Crippen LogP contribution in [0, 0.1) is 5.82 Å². The van der Waals surface area contributed by atoms with Crippen LogP contribution in [0.3, 0.4) is 0 Å². The molecule has 0 N–H and O–H groups in total. The normalized spacial score (nSPS) is 16.0. The van der Waals surface area contributed by atoms with Gasteiger partial charge >= 0.3 is 0 Å². The maximum Gasteiger partial charge on any atom is 0.266 e. The molecule has 0 fully saturated rings. The molecule has 5 nitrogen and oxygen atoms in total. The minimum atomic E-state index is -1.42. The molecule has 128 valence electrons. The molecule has 0 saturated heterocycles. The number of carbonyl (C=O) groups is 1. The van der Waals surface area contributed by atoms with E-state index >= 15 is 0 Å². The van der Waals surface area contributed by atoms with E-state index in [1.165, 1.54) is 13.2 Å². The van der Waals surface area contributed by atoms with Crippen molar-refractivity contribution in [3.63, 3.8) is 0 Å². The Balaban J connectivity index is 1.78. The Morgan fingerprint density at radius 2 is 1.88 bits per heavy atom. The van der Waals surface area contributed by atoms with Crippen molar-refractivity contribution in [2.45, 2.75) is 19.1 Å². The molecule has 0 aliphatic carbocycles. The number of halogens is 1. The lowest BCUT2D eigenvalue weighted by molar-refractivity contribution is -0.140. The first-order valence-corrected chi connectivity index (χ1v) is 8.13. The van der Waals surface area contributed by atoms with Gasteiger partial charge < -0.3 is 9.30 Å². The number of benzene rings is 2. The van der Waals surface area contributed by atoms with Crippen LogP contribution in [-0.4, -0.2) is 29.1 Å². The van der Waals surface area contributed by atoms with Gasteiger partial charge in [0, 0.05) is 25.8 Å². The molecule has 1 unspecified atom stereocenters. The van der Waals surface area contributed by atoms with Crippen molar-refractivity contribution < 1.29 is 13.9 Å². The van der Waals surface area contributed by atoms with E-state index in [-0.39, 0.29) is 11.5 Å². The van der Waals surface area contributed by atoms with Crippen LogP contribution in [0.4, 0.5) is 10.3 Å². The lowest BCUT2D eigenvalue weighted by atomic mass is 9.93. The molecule has 1 atom stereocenters. The number of para-hydroxylation sites is 2. The van der Waals surface area contributed by atoms with Crippen molar-refractivity contribution >= 4 is 22.9 Å². The van der Waals surface area contributed by atoms with Crippen molar-refractivity contribution in [3.05, 3.63) is 59.9 Å². The predicted octanol–water partition coefficient (Wildman–Crippen LogP) is 3.08. The number of rotatable bonds is 3. The summed E-state index contributed by atoms with van der Waals surface area (Å²) in [6, 6.07) is 13.9. The average molecular weight is 339 g/mol. The van der Waals surface area contributed by atoms with Gasteiger partial charge in [0.25, 0.3) is 5.91 Å². The number of carbonyl (C=O) groups excluding carboxylic acids is 1. The van der Waals surface area contributed by atoms with Gasteiger partial charge in [-0.3, -0.25) is 9.69 Å². The van der Waals surface area contributed by atoms with Gasteiger partial charge in [-0.25, -0.2) is 9.37 Å². The highest BCUT2D eigenvalue weighted by Gasteiger charge is 2.43. The Hall–Kier alpha value is -2.73. The summed E-state index contributed by atoms with van der Waals surface area (Å²) in [5.74, 6) is -0.215. The Labute approximate surface area is 144 Å². The lowest BCUT2D eigenvalue weighted by Gasteiger charge is -2.31. The van der Waals surface area contributed by atoms with Gasteiger partial charge in [0.1, 0.15) is 5.82 Å². The third-order valence-electron chi connectivity index (χ3n) is 4.87. The molecule has 0 radical (unpaired) electrons. The van der Waals surface area contributed by atoms with Gasteiger partial charge in [0.05, 0.1) is 11.0 Å². The zero-order valence-corrected chi connectivity index (χ0v) is 14.1. The van der Waals surface area contributed by atoms with E-state index in [4.69, 9.17) is 4.74 Å². The summed E-state index contributed by atoms with van der Waals surface area (Å²) >= 11 is 0. The van der Waals surface area contributed by atoms with Crippen LogP contribution in [0.1, 0.15) is 12.5 Å². The zero-order valence-electron chi connectivity index (χ0n) is 14.1. The van der Waals surface area contributed by atoms with Gasteiger partial charge in [-0.2, -0.15) is 0 Å². The average Bonchev–Trinajstić information content (AvgIpc) is 3.20. The molecule has 0 saturated carbocycles. The number of nitrogens with zero attached hydrogens (tertiary/aromatic N) is 3. The van der Waals surface area contributed by atoms with Gasteiger partial charge in [-0.1, -0.05) is 30.3 Å². The van der Waals surface area contributed by atoms with Crippen LogP contribution in [0.25, 0.3) is 11.0 Å². The van der Waals surface area contributed by atoms with Crippen LogP contribution in [0.5, 0.6) is 0 Å². The summed E-state index contributed by atoms with van der Waals surface area (Å²) in [6.45, 7) is 2.73. The maximum atomic E-state index is 14.3. The Morgan fingerprint density at radius 3 is 2.64 bits per heavy atom. The highest BCUT2D eigenvalue weighted by molar-refractivity contribution is 6.00. The molecular weight excluding hydrogens is 321 g/mol. The number of aromatic nitrogens is 2. The fourth-order valence-electron chi connectivity index (χ4n) is 3.40. The quantitative estimate of drug-likeness (QED) is 0.737. The molecule has 1 aliphatic rings. The first-order valence-electron chi connectivity index (χ1n) is 8.13. The third kappa shape index (κ3) is 2.25. The minimum absolute atomic E-state index is 0.220. The lowest BCUT2D eigenvalue weighted by Crippen LogP contribution is -2.46. The molecule has 1 amide bonds. The summed E-state index contributed by atoms with van der Waals surface area (Å²) in [5.41, 5.74) is 0.619. The second-order valence-electron chi connectivity index (χ2n) is 6.23. The van der Waals surface area contributed by atoms with Crippen molar-refractivity contribution in [1.29, 1.82) is 0 Å². The molecule has 2 aromatic carbocycles. The summed E-state index contributed by atoms with van der Waals surface area (Å²) in [5, 5.41) is 0. The first-order chi connectivity index (χ1) is 12.1. The number of amides is 1. The molecule has 1 aromatic heterocycles. The number of fused-ring (bicyclic) bond motifs is 3. The van der Waals surface area contributed by atoms with E-state index in [1.807, 2.05) is 28.8 Å². The second kappa shape index (κ2) is 5.67. The molecule has 4 rings (SSSR count). The number of hydrogen-bond donors (Lipinski definition) is 0. The van der Waals surface area contributed by atoms with Gasteiger partial charge in [0.2, 0.25) is 5.95 Å². The molecule has 25 heavy (non-hydrogen) atoms. The van der Waals surface area contributed by atoms with Crippen LogP contribution in [-0.2, 0) is 21.7 Å². The van der Waals surface area contributed by atoms with Gasteiger partial charge in [-0.15, -0.1) is 0 Å². The summed E-state index contributed by atoms with van der Waals surface area (Å²) in [7, 11) is 1.42. The Bertz CT molecular complexity index is 968. The van der Waals surface area contributed by atoms with Gasteiger partial charge in [-0.05, 0) is 25.1 Å². The van der Waals surface area contributed by atoms with Crippen LogP contribution < -0.4 is 4.90 Å². The predicted molar refractivity (Wildman–Crippen MR) is 92.8 cm³/mol. The largest absolute Gasteiger partial charge is 0.364 e. The zero-order chi connectivity index (χ0) is 17.6. The third-order valence-corrected chi connectivity index (χ3v) is 4.87. The van der Waals surface area contributed by atoms with Crippen LogP contribution >= 0.6 is 0 Å². The van der Waals surface area contributed by atoms with E-state index in [2.05, 4.69) is 4.98 Å². The van der Waals surface area contributed by atoms with E-state index in [1.54, 1.807) is 30.0 Å². The Kier molecular flexibility index (Phi) is 3.58. The fourth-order valence-corrected chi connectivity index (χ4v) is 3.40. The number of anilines is 1. The van der Waals surface area contributed by atoms with Crippen molar-refractivity contribution in [1.82, 2.24) is 9.55 Å². The molecule has 2 heterocycles. The molecular formula is C19H18FN3O2. The SMILES string of the molecule is COC(C)(C(=O)N1CCn2c1nc1ccccc12)c1ccccc1F. The minimum Gasteiger partial charge on any atom is -0.364 e. The van der Waals surface area contributed by atoms with E-state index in [0.717, 1.165) is 11.0 Å². The monoisotopic (exact) mass is 339 g/mol. The second-order valence-corrected chi connectivity index (χ2v) is 6.23. The maximum absolute atomic E-state index is 14.3. The topological polar surface area (TPSA) is 47.4 Å². The Morgan fingerprint density at radius 1 is 1.16 bits per heavy atom. The molecule has 0 spiro atoms. The molecule has 3 aromatic rings. The van der Waals surface area contributed by atoms with E-state index < -0.39 is 11.4 Å². The standard InChI is InChI=1S/C19H18FN3O2/c1-19(25-2,13-7-3-4-8-14(13)20)17(24)23-12-11-22-16-10-6-5-9-15(16)21-18(22)23/h3-10H,11-12H2,1-2H3. The highest BCUT2D eigenvalue weighted by atomic mass is 19.1. The number of imidazole rings is 1. The van der Waals surface area contributed by atoms with Crippen LogP contribution in [0.2, 0.25) is 0 Å². The highest BCUT2D eigenvalue weighted by Crippen LogP contribution is 2.34. The fraction of sp³-hybridized carbons (Fsp3) is 0.263. The molecule has 0 bridgehead atoms. The summed E-state index contributed by atoms with van der Waals surface area (Å²) in [6.07, 6.45) is 0. The van der Waals surface area contributed by atoms with E-state index in [0.29, 0.717) is 19.0 Å². The van der Waals surface area contributed by atoms with Gasteiger partial charge in [0.15, 0.2) is 5.60 Å². The summed E-state index contributed by atoms with van der Waals surface area (Å²) in [4.78, 5) is 19.4. The first kappa shape index (κ1) is 15.8. The van der Waals surface area contributed by atoms with Crippen molar-refractivity contribution in [3.8, 4) is 0 Å². The van der Waals surface area contributed by atoms with Crippen molar-refractivity contribution in [2.24, 2.45) is 0 Å². The number of ether oxygens (including phenoxy) is 1. The number of hydrogen-bond acceptors (Lipinski definition) is 3. The van der Waals surface area contributed by atoms with Crippen LogP contribution in [0.15, 0.2) is 48.5 Å². The molecule has 1 aliphatic heterocycles. The van der Waals surface area contributed by atoms with E-state index in [9.17, 15) is 9.18 Å². The van der Waals surface area contributed by atoms with Crippen molar-refractivity contribution in [2.75, 3.05) is 18.6 Å².